The quantitative estimate of drug-likeness (QED) is 0.484. The van der Waals surface area contributed by atoms with E-state index in [1.165, 1.54) is 23.1 Å². The lowest BCUT2D eigenvalue weighted by Gasteiger charge is -2.15. The van der Waals surface area contributed by atoms with Gasteiger partial charge in [0.15, 0.2) is 11.4 Å². The van der Waals surface area contributed by atoms with Gasteiger partial charge in [-0.25, -0.2) is 4.98 Å². The Balaban J connectivity index is 2.11. The van der Waals surface area contributed by atoms with Gasteiger partial charge in [-0.15, -0.1) is 11.3 Å². The fourth-order valence-corrected chi connectivity index (χ4v) is 3.51. The Hall–Kier alpha value is -0.890. The predicted octanol–water partition coefficient (Wildman–Crippen LogP) is 2.78. The number of aromatic nitrogens is 2. The summed E-state index contributed by atoms with van der Waals surface area (Å²) in [7, 11) is 0. The molecule has 0 atom stereocenters. The highest BCUT2D eigenvalue weighted by molar-refractivity contribution is 7.99. The molecule has 0 aliphatic carbocycles. The zero-order valence-corrected chi connectivity index (χ0v) is 13.4. The van der Waals surface area contributed by atoms with Gasteiger partial charge in [0, 0.05) is 18.1 Å². The second-order valence-corrected chi connectivity index (χ2v) is 6.34. The zero-order chi connectivity index (χ0) is 14.5. The fraction of sp³-hybridized carbons (Fsp3) is 0.538. The SMILES string of the molecule is CCOC(CSc1nc2sc(C)cc2c(=O)[nH]1)OCC. The third kappa shape index (κ3) is 3.82. The van der Waals surface area contributed by atoms with Crippen LogP contribution in [0, 0.1) is 6.92 Å². The summed E-state index contributed by atoms with van der Waals surface area (Å²) in [5, 5.41) is 1.26. The van der Waals surface area contributed by atoms with Crippen LogP contribution < -0.4 is 5.56 Å². The van der Waals surface area contributed by atoms with Crippen molar-refractivity contribution in [1.82, 2.24) is 9.97 Å². The molecule has 2 rings (SSSR count). The molecule has 110 valence electrons. The van der Waals surface area contributed by atoms with Crippen LogP contribution in [0.1, 0.15) is 18.7 Å². The molecule has 0 unspecified atom stereocenters. The second kappa shape index (κ2) is 7.21. The van der Waals surface area contributed by atoms with Gasteiger partial charge in [-0.3, -0.25) is 4.79 Å². The lowest BCUT2D eigenvalue weighted by molar-refractivity contribution is -0.120. The molecule has 0 saturated heterocycles. The lowest BCUT2D eigenvalue weighted by atomic mass is 10.4. The van der Waals surface area contributed by atoms with E-state index in [1.54, 1.807) is 0 Å². The van der Waals surface area contributed by atoms with Crippen LogP contribution in [0.4, 0.5) is 0 Å². The number of fused-ring (bicyclic) bond motifs is 1. The minimum absolute atomic E-state index is 0.0915. The van der Waals surface area contributed by atoms with Gasteiger partial charge in [0.2, 0.25) is 0 Å². The molecular formula is C13H18N2O3S2. The Kier molecular flexibility index (Phi) is 5.59. The van der Waals surface area contributed by atoms with Crippen molar-refractivity contribution in [1.29, 1.82) is 0 Å². The topological polar surface area (TPSA) is 64.2 Å². The van der Waals surface area contributed by atoms with Crippen LogP contribution in [-0.4, -0.2) is 35.2 Å². The van der Waals surface area contributed by atoms with Gasteiger partial charge in [-0.05, 0) is 26.8 Å². The number of H-pyrrole nitrogens is 1. The number of nitrogens with zero attached hydrogens (tertiary/aromatic N) is 1. The smallest absolute Gasteiger partial charge is 0.260 e. The van der Waals surface area contributed by atoms with Gasteiger partial charge in [0.25, 0.3) is 5.56 Å². The first-order valence-electron chi connectivity index (χ1n) is 6.50. The summed E-state index contributed by atoms with van der Waals surface area (Å²) in [6, 6.07) is 1.86. The third-order valence-corrected chi connectivity index (χ3v) is 4.42. The molecule has 20 heavy (non-hydrogen) atoms. The lowest BCUT2D eigenvalue weighted by Crippen LogP contribution is -2.20. The first-order chi connectivity index (χ1) is 9.63. The van der Waals surface area contributed by atoms with E-state index in [0.29, 0.717) is 29.5 Å². The highest BCUT2D eigenvalue weighted by atomic mass is 32.2. The average molecular weight is 314 g/mol. The van der Waals surface area contributed by atoms with E-state index in [-0.39, 0.29) is 11.8 Å². The van der Waals surface area contributed by atoms with Crippen LogP contribution in [-0.2, 0) is 9.47 Å². The van der Waals surface area contributed by atoms with Crippen molar-refractivity contribution in [3.63, 3.8) is 0 Å². The molecular weight excluding hydrogens is 296 g/mol. The molecule has 2 aromatic heterocycles. The largest absolute Gasteiger partial charge is 0.352 e. The van der Waals surface area contributed by atoms with Gasteiger partial charge < -0.3 is 14.5 Å². The van der Waals surface area contributed by atoms with Gasteiger partial charge in [0.05, 0.1) is 11.1 Å². The molecule has 0 bridgehead atoms. The number of hydrogen-bond donors (Lipinski definition) is 1. The molecule has 7 heteroatoms. The van der Waals surface area contributed by atoms with Crippen molar-refractivity contribution >= 4 is 33.3 Å². The van der Waals surface area contributed by atoms with Gasteiger partial charge in [0.1, 0.15) is 4.83 Å². The summed E-state index contributed by atoms with van der Waals surface area (Å²) < 4.78 is 10.9. The normalized spacial score (nSPS) is 11.6. The maximum atomic E-state index is 11.9. The molecule has 0 aliphatic heterocycles. The molecule has 0 aromatic carbocycles. The van der Waals surface area contributed by atoms with E-state index in [0.717, 1.165) is 9.71 Å². The van der Waals surface area contributed by atoms with Crippen LogP contribution >= 0.6 is 23.1 Å². The number of hydrogen-bond acceptors (Lipinski definition) is 6. The summed E-state index contributed by atoms with van der Waals surface area (Å²) >= 11 is 2.96. The molecule has 1 N–H and O–H groups in total. The molecule has 0 spiro atoms. The monoisotopic (exact) mass is 314 g/mol. The van der Waals surface area contributed by atoms with Gasteiger partial charge >= 0.3 is 0 Å². The van der Waals surface area contributed by atoms with Crippen molar-refractivity contribution in [2.45, 2.75) is 32.2 Å². The summed E-state index contributed by atoms with van der Waals surface area (Å²) in [6.45, 7) is 7.02. The van der Waals surface area contributed by atoms with E-state index >= 15 is 0 Å². The molecule has 0 radical (unpaired) electrons. The number of ether oxygens (including phenoxy) is 2. The number of aromatic amines is 1. The molecule has 2 heterocycles. The highest BCUT2D eigenvalue weighted by Crippen LogP contribution is 2.23. The Bertz CT molecular complexity index is 618. The first-order valence-corrected chi connectivity index (χ1v) is 8.30. The van der Waals surface area contributed by atoms with Crippen molar-refractivity contribution < 1.29 is 9.47 Å². The Labute approximate surface area is 125 Å². The molecule has 0 fully saturated rings. The molecule has 5 nitrogen and oxygen atoms in total. The van der Waals surface area contributed by atoms with Crippen LogP contribution in [0.2, 0.25) is 0 Å². The van der Waals surface area contributed by atoms with E-state index in [2.05, 4.69) is 9.97 Å². The van der Waals surface area contributed by atoms with E-state index in [1.807, 2.05) is 26.8 Å². The highest BCUT2D eigenvalue weighted by Gasteiger charge is 2.12. The summed E-state index contributed by atoms with van der Waals surface area (Å²) in [6.07, 6.45) is -0.277. The molecule has 0 amide bonds. The summed E-state index contributed by atoms with van der Waals surface area (Å²) in [5.41, 5.74) is -0.0915. The van der Waals surface area contributed by atoms with Crippen molar-refractivity contribution in [2.24, 2.45) is 0 Å². The maximum Gasteiger partial charge on any atom is 0.260 e. The van der Waals surface area contributed by atoms with Crippen LogP contribution in [0.3, 0.4) is 0 Å². The van der Waals surface area contributed by atoms with Crippen molar-refractivity contribution in [3.05, 3.63) is 21.3 Å². The number of rotatable bonds is 7. The summed E-state index contributed by atoms with van der Waals surface area (Å²) in [5.74, 6) is 0.598. The Morgan fingerprint density at radius 3 is 2.75 bits per heavy atom. The first kappa shape index (κ1) is 15.5. The van der Waals surface area contributed by atoms with Crippen LogP contribution in [0.15, 0.2) is 16.0 Å². The average Bonchev–Trinajstić information content (AvgIpc) is 2.78. The Morgan fingerprint density at radius 1 is 1.40 bits per heavy atom. The van der Waals surface area contributed by atoms with E-state index in [9.17, 15) is 4.79 Å². The van der Waals surface area contributed by atoms with Gasteiger partial charge in [-0.1, -0.05) is 11.8 Å². The van der Waals surface area contributed by atoms with E-state index < -0.39 is 0 Å². The number of thiophene rings is 1. The zero-order valence-electron chi connectivity index (χ0n) is 11.8. The number of thioether (sulfide) groups is 1. The number of aryl methyl sites for hydroxylation is 1. The van der Waals surface area contributed by atoms with Gasteiger partial charge in [-0.2, -0.15) is 0 Å². The predicted molar refractivity (Wildman–Crippen MR) is 82.7 cm³/mol. The molecule has 0 aliphatic rings. The number of nitrogens with one attached hydrogen (secondary N) is 1. The standard InChI is InChI=1S/C13H18N2O3S2/c1-4-17-10(18-5-2)7-19-13-14-11(16)9-6-8(3)20-12(9)15-13/h6,10H,4-5,7H2,1-3H3,(H,14,15,16). The van der Waals surface area contributed by atoms with Crippen LogP contribution in [0.5, 0.6) is 0 Å². The molecule has 2 aromatic rings. The fourth-order valence-electron chi connectivity index (χ4n) is 1.76. The van der Waals surface area contributed by atoms with Crippen molar-refractivity contribution in [2.75, 3.05) is 19.0 Å². The minimum Gasteiger partial charge on any atom is -0.352 e. The second-order valence-electron chi connectivity index (χ2n) is 4.10. The van der Waals surface area contributed by atoms with Crippen molar-refractivity contribution in [3.8, 4) is 0 Å². The molecule has 0 saturated carbocycles. The minimum atomic E-state index is -0.277. The van der Waals surface area contributed by atoms with E-state index in [4.69, 9.17) is 9.47 Å². The Morgan fingerprint density at radius 2 is 2.10 bits per heavy atom. The van der Waals surface area contributed by atoms with Crippen LogP contribution in [0.25, 0.3) is 10.2 Å². The third-order valence-electron chi connectivity index (χ3n) is 2.57. The summed E-state index contributed by atoms with van der Waals surface area (Å²) in [4.78, 5) is 21.1. The maximum absolute atomic E-state index is 11.9.